The summed E-state index contributed by atoms with van der Waals surface area (Å²) in [4.78, 5) is 10.9. The Kier molecular flexibility index (Phi) is 3.66. The van der Waals surface area contributed by atoms with Gasteiger partial charge in [-0.25, -0.2) is 0 Å². The van der Waals surface area contributed by atoms with Crippen molar-refractivity contribution in [3.8, 4) is 5.75 Å². The molecule has 0 unspecified atom stereocenters. The Bertz CT molecular complexity index is 431. The number of methoxy groups -OCH3 is 1. The summed E-state index contributed by atoms with van der Waals surface area (Å²) in [6.45, 7) is 0. The summed E-state index contributed by atoms with van der Waals surface area (Å²) in [6.07, 6.45) is -4.52. The van der Waals surface area contributed by atoms with E-state index in [2.05, 4.69) is 0 Å². The summed E-state index contributed by atoms with van der Waals surface area (Å²) in [5.41, 5.74) is 3.78. The lowest BCUT2D eigenvalue weighted by Gasteiger charge is -2.13. The largest absolute Gasteiger partial charge is 0.496 e. The van der Waals surface area contributed by atoms with Crippen LogP contribution >= 0.6 is 22.6 Å². The van der Waals surface area contributed by atoms with Crippen LogP contribution in [0.3, 0.4) is 0 Å². The molecule has 7 heteroatoms. The normalized spacial score (nSPS) is 11.3. The first kappa shape index (κ1) is 13.1. The zero-order chi connectivity index (χ0) is 12.5. The molecule has 3 nitrogen and oxygen atoms in total. The Morgan fingerprint density at radius 1 is 1.44 bits per heavy atom. The second kappa shape index (κ2) is 4.48. The van der Waals surface area contributed by atoms with Crippen molar-refractivity contribution in [2.75, 3.05) is 7.11 Å². The maximum Gasteiger partial charge on any atom is 0.417 e. The van der Waals surface area contributed by atoms with Crippen LogP contribution in [-0.4, -0.2) is 13.0 Å². The van der Waals surface area contributed by atoms with Crippen molar-refractivity contribution in [3.05, 3.63) is 26.8 Å². The molecule has 0 heterocycles. The molecule has 1 amide bonds. The van der Waals surface area contributed by atoms with Gasteiger partial charge in [0, 0.05) is 3.57 Å². The van der Waals surface area contributed by atoms with Gasteiger partial charge < -0.3 is 10.5 Å². The molecule has 2 N–H and O–H groups in total. The van der Waals surface area contributed by atoms with Gasteiger partial charge >= 0.3 is 6.18 Å². The number of carbonyl (C=O) groups is 1. The van der Waals surface area contributed by atoms with Gasteiger partial charge in [0.1, 0.15) is 5.75 Å². The van der Waals surface area contributed by atoms with Crippen molar-refractivity contribution in [2.45, 2.75) is 6.18 Å². The number of carbonyl (C=O) groups excluding carboxylic acids is 1. The Labute approximate surface area is 103 Å². The van der Waals surface area contributed by atoms with Gasteiger partial charge in [0.2, 0.25) is 0 Å². The first-order valence-electron chi connectivity index (χ1n) is 4.02. The predicted molar refractivity (Wildman–Crippen MR) is 59.2 cm³/mol. The van der Waals surface area contributed by atoms with E-state index in [0.29, 0.717) is 6.07 Å². The van der Waals surface area contributed by atoms with Crippen molar-refractivity contribution in [3.63, 3.8) is 0 Å². The number of halogens is 4. The van der Waals surface area contributed by atoms with Gasteiger partial charge in [0.25, 0.3) is 5.91 Å². The van der Waals surface area contributed by atoms with Crippen LogP contribution in [0.4, 0.5) is 13.2 Å². The van der Waals surface area contributed by atoms with Crippen LogP contribution in [0, 0.1) is 3.57 Å². The van der Waals surface area contributed by atoms with Crippen LogP contribution in [0.25, 0.3) is 0 Å². The molecule has 16 heavy (non-hydrogen) atoms. The lowest BCUT2D eigenvalue weighted by Crippen LogP contribution is -2.16. The molecule has 0 fully saturated rings. The van der Waals surface area contributed by atoms with Crippen LogP contribution in [0.2, 0.25) is 0 Å². The summed E-state index contributed by atoms with van der Waals surface area (Å²) in [6, 6.07) is 1.83. The highest BCUT2D eigenvalue weighted by molar-refractivity contribution is 14.1. The molecule has 0 aromatic heterocycles. The molecule has 1 aromatic rings. The van der Waals surface area contributed by atoms with Crippen molar-refractivity contribution in [1.82, 2.24) is 0 Å². The highest BCUT2D eigenvalue weighted by Gasteiger charge is 2.34. The van der Waals surface area contributed by atoms with Gasteiger partial charge in [0.05, 0.1) is 18.2 Å². The van der Waals surface area contributed by atoms with Gasteiger partial charge in [-0.2, -0.15) is 13.2 Å². The zero-order valence-corrected chi connectivity index (χ0v) is 10.2. The molecule has 0 saturated carbocycles. The molecule has 1 aromatic carbocycles. The molecule has 0 aliphatic rings. The fourth-order valence-corrected chi connectivity index (χ4v) is 1.88. The number of ether oxygens (including phenoxy) is 1. The van der Waals surface area contributed by atoms with Crippen LogP contribution in [0.1, 0.15) is 15.9 Å². The van der Waals surface area contributed by atoms with Crippen molar-refractivity contribution in [1.29, 1.82) is 0 Å². The Hall–Kier alpha value is -0.990. The summed E-state index contributed by atoms with van der Waals surface area (Å²) in [5, 5.41) is 0. The van der Waals surface area contributed by atoms with Crippen molar-refractivity contribution >= 4 is 28.5 Å². The number of amides is 1. The summed E-state index contributed by atoms with van der Waals surface area (Å²) < 4.78 is 42.3. The quantitative estimate of drug-likeness (QED) is 0.837. The number of nitrogens with two attached hydrogens (primary N) is 1. The van der Waals surface area contributed by atoms with E-state index in [1.54, 1.807) is 0 Å². The average Bonchev–Trinajstić information content (AvgIpc) is 2.14. The van der Waals surface area contributed by atoms with Crippen LogP contribution in [0.15, 0.2) is 12.1 Å². The molecule has 0 atom stereocenters. The topological polar surface area (TPSA) is 52.3 Å². The lowest BCUT2D eigenvalue weighted by molar-refractivity contribution is -0.138. The number of primary amides is 1. The Morgan fingerprint density at radius 2 is 2.00 bits per heavy atom. The van der Waals surface area contributed by atoms with Gasteiger partial charge in [-0.3, -0.25) is 4.79 Å². The molecule has 0 saturated heterocycles. The minimum Gasteiger partial charge on any atom is -0.496 e. The van der Waals surface area contributed by atoms with E-state index in [1.165, 1.54) is 29.7 Å². The van der Waals surface area contributed by atoms with Crippen molar-refractivity contribution in [2.24, 2.45) is 5.73 Å². The number of hydrogen-bond acceptors (Lipinski definition) is 2. The third kappa shape index (κ3) is 2.57. The highest BCUT2D eigenvalue weighted by Crippen LogP contribution is 2.36. The SMILES string of the molecule is COc1cc(I)c(C(F)(F)F)cc1C(N)=O. The molecule has 0 radical (unpaired) electrons. The van der Waals surface area contributed by atoms with E-state index in [0.717, 1.165) is 6.07 Å². The Morgan fingerprint density at radius 3 is 2.38 bits per heavy atom. The second-order valence-electron chi connectivity index (χ2n) is 2.89. The molecule has 0 bridgehead atoms. The highest BCUT2D eigenvalue weighted by atomic mass is 127. The first-order valence-corrected chi connectivity index (χ1v) is 5.09. The number of rotatable bonds is 2. The number of benzene rings is 1. The maximum absolute atomic E-state index is 12.5. The molecular weight excluding hydrogens is 338 g/mol. The molecule has 88 valence electrons. The molecule has 1 rings (SSSR count). The average molecular weight is 345 g/mol. The van der Waals surface area contributed by atoms with E-state index in [1.807, 2.05) is 0 Å². The fourth-order valence-electron chi connectivity index (χ4n) is 1.13. The maximum atomic E-state index is 12.5. The standard InChI is InChI=1S/C9H7F3INO2/c1-16-7-3-6(13)5(9(10,11)12)2-4(7)8(14)15/h2-3H,1H3,(H2,14,15). The minimum atomic E-state index is -4.52. The van der Waals surface area contributed by atoms with Gasteiger partial charge in [-0.05, 0) is 34.7 Å². The minimum absolute atomic E-state index is 0.0323. The van der Waals surface area contributed by atoms with Crippen LogP contribution in [-0.2, 0) is 6.18 Å². The summed E-state index contributed by atoms with van der Waals surface area (Å²) >= 11 is 1.52. The third-order valence-electron chi connectivity index (χ3n) is 1.86. The third-order valence-corrected chi connectivity index (χ3v) is 2.75. The van der Waals surface area contributed by atoms with Crippen LogP contribution in [0.5, 0.6) is 5.75 Å². The smallest absolute Gasteiger partial charge is 0.417 e. The second-order valence-corrected chi connectivity index (χ2v) is 4.06. The van der Waals surface area contributed by atoms with Gasteiger partial charge in [0.15, 0.2) is 0 Å². The molecular formula is C9H7F3INO2. The van der Waals surface area contributed by atoms with Gasteiger partial charge in [-0.1, -0.05) is 0 Å². The van der Waals surface area contributed by atoms with Crippen LogP contribution < -0.4 is 10.5 Å². The zero-order valence-electron chi connectivity index (χ0n) is 8.06. The monoisotopic (exact) mass is 345 g/mol. The van der Waals surface area contributed by atoms with E-state index in [9.17, 15) is 18.0 Å². The number of alkyl halides is 3. The Balaban J connectivity index is 3.45. The predicted octanol–water partition coefficient (Wildman–Crippen LogP) is 2.42. The molecule has 0 aliphatic carbocycles. The molecule has 0 aliphatic heterocycles. The van der Waals surface area contributed by atoms with E-state index < -0.39 is 17.6 Å². The summed E-state index contributed by atoms with van der Waals surface area (Å²) in [5.74, 6) is -0.927. The molecule has 0 spiro atoms. The van der Waals surface area contributed by atoms with E-state index in [4.69, 9.17) is 10.5 Å². The first-order chi connectivity index (χ1) is 7.27. The van der Waals surface area contributed by atoms with E-state index >= 15 is 0 Å². The van der Waals surface area contributed by atoms with Crippen molar-refractivity contribution < 1.29 is 22.7 Å². The van der Waals surface area contributed by atoms with Gasteiger partial charge in [-0.15, -0.1) is 0 Å². The summed E-state index contributed by atoms with van der Waals surface area (Å²) in [7, 11) is 1.26. The number of hydrogen-bond donors (Lipinski definition) is 1. The lowest BCUT2D eigenvalue weighted by atomic mass is 10.1. The fraction of sp³-hybridized carbons (Fsp3) is 0.222. The van der Waals surface area contributed by atoms with E-state index in [-0.39, 0.29) is 14.9 Å².